The summed E-state index contributed by atoms with van der Waals surface area (Å²) in [7, 11) is 1.57. The SMILES string of the molecule is CC(C)[C@@H]1NC(=O)C(C)(C)/C=C/c2ccc3c(=O)n(C)c(nc3c2)[C@@H](C)OC(=O)C2CCCN(N2)C(=O)[C@@H](C)NC1=O. The van der Waals surface area contributed by atoms with Crippen molar-refractivity contribution in [3.63, 3.8) is 0 Å². The Kier molecular flexibility index (Phi) is 8.86. The molecule has 226 valence electrons. The van der Waals surface area contributed by atoms with Crippen LogP contribution in [0.25, 0.3) is 17.0 Å². The van der Waals surface area contributed by atoms with Crippen LogP contribution in [0.4, 0.5) is 0 Å². The topological polar surface area (TPSA) is 152 Å². The largest absolute Gasteiger partial charge is 0.453 e. The maximum absolute atomic E-state index is 13.3. The van der Waals surface area contributed by atoms with Crippen molar-refractivity contribution in [2.75, 3.05) is 6.54 Å². The number of carbonyl (C=O) groups excluding carboxylic acids is 4. The molecule has 1 aromatic heterocycles. The van der Waals surface area contributed by atoms with Crippen molar-refractivity contribution in [3.05, 3.63) is 46.0 Å². The lowest BCUT2D eigenvalue weighted by atomic mass is 9.89. The van der Waals surface area contributed by atoms with E-state index in [4.69, 9.17) is 4.74 Å². The minimum absolute atomic E-state index is 0.254. The molecule has 2 aliphatic rings. The number of hydrogen-bond acceptors (Lipinski definition) is 8. The molecule has 0 spiro atoms. The Labute approximate surface area is 244 Å². The minimum atomic E-state index is -0.997. The molecule has 1 saturated heterocycles. The lowest BCUT2D eigenvalue weighted by molar-refractivity contribution is -0.157. The molecule has 3 amide bonds. The molecule has 12 nitrogen and oxygen atoms in total. The third-order valence-electron chi connectivity index (χ3n) is 7.77. The summed E-state index contributed by atoms with van der Waals surface area (Å²) in [6.07, 6.45) is 3.60. The van der Waals surface area contributed by atoms with Gasteiger partial charge in [0.15, 0.2) is 11.9 Å². The van der Waals surface area contributed by atoms with Crippen molar-refractivity contribution in [1.82, 2.24) is 30.6 Å². The van der Waals surface area contributed by atoms with E-state index in [1.165, 1.54) is 9.58 Å². The maximum atomic E-state index is 13.3. The average Bonchev–Trinajstić information content (AvgIpc) is 2.95. The fraction of sp³-hybridized carbons (Fsp3) is 0.533. The van der Waals surface area contributed by atoms with Crippen LogP contribution in [0.1, 0.15) is 71.9 Å². The molecule has 42 heavy (non-hydrogen) atoms. The van der Waals surface area contributed by atoms with E-state index in [0.717, 1.165) is 0 Å². The molecule has 0 aliphatic carbocycles. The van der Waals surface area contributed by atoms with Crippen LogP contribution < -0.4 is 21.6 Å². The van der Waals surface area contributed by atoms with Gasteiger partial charge in [0.25, 0.3) is 11.5 Å². The average molecular weight is 581 g/mol. The van der Waals surface area contributed by atoms with Crippen molar-refractivity contribution >= 4 is 40.7 Å². The Morgan fingerprint density at radius 2 is 1.79 bits per heavy atom. The summed E-state index contributed by atoms with van der Waals surface area (Å²) in [4.78, 5) is 70.8. The standard InChI is InChI=1S/C30H40N6O6/c1-16(2)23-25(37)31-17(3)26(38)36-14-8-9-21(34-36)28(40)42-18(4)24-32-22-15-19(10-11-20(22)27(39)35(24)7)12-13-30(5,6)29(41)33-23/h10-13,15-18,21,23,34H,8-9,14H2,1-7H3,(H,31,37)(H,33,41)/b13-12+/t17-,18-,21?,23+/m1/s1. The van der Waals surface area contributed by atoms with E-state index < -0.39 is 47.4 Å². The number of nitrogens with one attached hydrogen (secondary N) is 3. The lowest BCUT2D eigenvalue weighted by Crippen LogP contribution is -2.61. The van der Waals surface area contributed by atoms with E-state index in [-0.39, 0.29) is 23.2 Å². The predicted molar refractivity (Wildman–Crippen MR) is 157 cm³/mol. The Bertz CT molecular complexity index is 1500. The molecule has 0 saturated carbocycles. The summed E-state index contributed by atoms with van der Waals surface area (Å²) in [5.41, 5.74) is 2.78. The number of hydrazine groups is 1. The lowest BCUT2D eigenvalue weighted by Gasteiger charge is -2.35. The molecule has 1 aromatic carbocycles. The number of benzene rings is 1. The number of fused-ring (bicyclic) bond motifs is 4. The van der Waals surface area contributed by atoms with Gasteiger partial charge in [0.2, 0.25) is 11.8 Å². The highest BCUT2D eigenvalue weighted by Gasteiger charge is 2.35. The number of cyclic esters (lactones) is 1. The molecule has 3 heterocycles. The molecular formula is C30H40N6O6. The van der Waals surface area contributed by atoms with Gasteiger partial charge < -0.3 is 15.4 Å². The number of rotatable bonds is 1. The second-order valence-electron chi connectivity index (χ2n) is 12.0. The fourth-order valence-corrected chi connectivity index (χ4v) is 5.04. The van der Waals surface area contributed by atoms with Crippen LogP contribution in [0.15, 0.2) is 29.1 Å². The Morgan fingerprint density at radius 3 is 2.48 bits per heavy atom. The van der Waals surface area contributed by atoms with Gasteiger partial charge in [0.05, 0.1) is 16.3 Å². The van der Waals surface area contributed by atoms with Gasteiger partial charge in [-0.15, -0.1) is 0 Å². The zero-order chi connectivity index (χ0) is 30.9. The zero-order valence-corrected chi connectivity index (χ0v) is 25.2. The number of amides is 3. The van der Waals surface area contributed by atoms with Crippen molar-refractivity contribution in [3.8, 4) is 0 Å². The van der Waals surface area contributed by atoms with Crippen LogP contribution in [-0.2, 0) is 31.0 Å². The highest BCUT2D eigenvalue weighted by atomic mass is 16.5. The molecule has 3 N–H and O–H groups in total. The second-order valence-corrected chi connectivity index (χ2v) is 12.0. The van der Waals surface area contributed by atoms with Gasteiger partial charge in [-0.2, -0.15) is 0 Å². The van der Waals surface area contributed by atoms with Gasteiger partial charge in [0, 0.05) is 13.6 Å². The molecule has 4 rings (SSSR count). The molecule has 2 aliphatic heterocycles. The molecular weight excluding hydrogens is 540 g/mol. The van der Waals surface area contributed by atoms with Crippen molar-refractivity contribution in [2.45, 2.75) is 78.6 Å². The van der Waals surface area contributed by atoms with E-state index in [0.29, 0.717) is 35.9 Å². The van der Waals surface area contributed by atoms with Crippen LogP contribution in [0, 0.1) is 11.3 Å². The number of carbonyl (C=O) groups is 4. The predicted octanol–water partition coefficient (Wildman–Crippen LogP) is 1.73. The highest BCUT2D eigenvalue weighted by Crippen LogP contribution is 2.23. The van der Waals surface area contributed by atoms with Crippen LogP contribution >= 0.6 is 0 Å². The minimum Gasteiger partial charge on any atom is -0.453 e. The summed E-state index contributed by atoms with van der Waals surface area (Å²) >= 11 is 0. The molecule has 5 bridgehead atoms. The number of aromatic nitrogens is 2. The van der Waals surface area contributed by atoms with E-state index in [9.17, 15) is 24.0 Å². The molecule has 0 radical (unpaired) electrons. The smallest absolute Gasteiger partial charge is 0.325 e. The van der Waals surface area contributed by atoms with E-state index in [2.05, 4.69) is 21.0 Å². The molecule has 12 heteroatoms. The van der Waals surface area contributed by atoms with E-state index in [1.54, 1.807) is 65.1 Å². The van der Waals surface area contributed by atoms with Gasteiger partial charge in [0.1, 0.15) is 18.1 Å². The van der Waals surface area contributed by atoms with Crippen molar-refractivity contribution in [1.29, 1.82) is 0 Å². The number of ether oxygens (including phenoxy) is 1. The molecule has 4 atom stereocenters. The fourth-order valence-electron chi connectivity index (χ4n) is 5.04. The summed E-state index contributed by atoms with van der Waals surface area (Å²) in [5, 5.41) is 7.28. The first kappa shape index (κ1) is 30.9. The van der Waals surface area contributed by atoms with Gasteiger partial charge in [-0.05, 0) is 64.2 Å². The molecule has 1 unspecified atom stereocenters. The second kappa shape index (κ2) is 12.0. The monoisotopic (exact) mass is 580 g/mol. The summed E-state index contributed by atoms with van der Waals surface area (Å²) in [5.74, 6) is -1.84. The molecule has 2 aromatic rings. The van der Waals surface area contributed by atoms with Crippen molar-refractivity contribution < 1.29 is 23.9 Å². The van der Waals surface area contributed by atoms with Crippen LogP contribution in [0.3, 0.4) is 0 Å². The summed E-state index contributed by atoms with van der Waals surface area (Å²) in [6.45, 7) is 10.6. The Hall–Kier alpha value is -4.06. The summed E-state index contributed by atoms with van der Waals surface area (Å²) < 4.78 is 7.08. The Balaban J connectivity index is 1.77. The highest BCUT2D eigenvalue weighted by molar-refractivity contribution is 5.94. The van der Waals surface area contributed by atoms with Crippen molar-refractivity contribution in [2.24, 2.45) is 18.4 Å². The number of esters is 1. The van der Waals surface area contributed by atoms with E-state index in [1.807, 2.05) is 13.8 Å². The van der Waals surface area contributed by atoms with Gasteiger partial charge >= 0.3 is 5.97 Å². The number of hydrogen-bond donors (Lipinski definition) is 3. The van der Waals surface area contributed by atoms with E-state index >= 15 is 0 Å². The third kappa shape index (κ3) is 6.38. The quantitative estimate of drug-likeness (QED) is 0.432. The first-order valence-electron chi connectivity index (χ1n) is 14.3. The molecule has 1 fully saturated rings. The van der Waals surface area contributed by atoms with Crippen LogP contribution in [-0.4, -0.2) is 62.9 Å². The van der Waals surface area contributed by atoms with Crippen LogP contribution in [0.5, 0.6) is 0 Å². The van der Waals surface area contributed by atoms with Gasteiger partial charge in [-0.3, -0.25) is 33.5 Å². The third-order valence-corrected chi connectivity index (χ3v) is 7.77. The van der Waals surface area contributed by atoms with Gasteiger partial charge in [-0.1, -0.05) is 32.1 Å². The van der Waals surface area contributed by atoms with Crippen LogP contribution in [0.2, 0.25) is 0 Å². The maximum Gasteiger partial charge on any atom is 0.325 e. The zero-order valence-electron chi connectivity index (χ0n) is 25.2. The first-order valence-corrected chi connectivity index (χ1v) is 14.3. The summed E-state index contributed by atoms with van der Waals surface area (Å²) in [6, 6.07) is 2.56. The normalized spacial score (nSPS) is 26.5. The first-order chi connectivity index (χ1) is 19.7. The number of nitrogens with zero attached hydrogens (tertiary/aromatic N) is 3. The van der Waals surface area contributed by atoms with Gasteiger partial charge in [-0.25, -0.2) is 10.4 Å². The Morgan fingerprint density at radius 1 is 1.07 bits per heavy atom.